The van der Waals surface area contributed by atoms with Crippen LogP contribution >= 0.6 is 11.6 Å². The van der Waals surface area contributed by atoms with Crippen molar-refractivity contribution in [2.24, 2.45) is 0 Å². The van der Waals surface area contributed by atoms with Crippen LogP contribution in [0.2, 0.25) is 5.02 Å². The van der Waals surface area contributed by atoms with Gasteiger partial charge in [-0.05, 0) is 44.0 Å². The number of aromatic nitrogens is 3. The topological polar surface area (TPSA) is 42.7 Å². The highest BCUT2D eigenvalue weighted by molar-refractivity contribution is 6.30. The molecule has 0 aliphatic carbocycles. The molecule has 100 valence electrons. The predicted octanol–water partition coefficient (Wildman–Crippen LogP) is 2.70. The standard InChI is InChI=1S/C14H17ClN4/c1-10-4-5-12(15)7-13(10)19-9-17-18-14(19)11-3-2-6-16-8-11/h4-5,7,9,11,16H,2-3,6,8H2,1H3. The first-order valence-corrected chi connectivity index (χ1v) is 7.00. The lowest BCUT2D eigenvalue weighted by Gasteiger charge is -2.23. The van der Waals surface area contributed by atoms with Gasteiger partial charge in [-0.1, -0.05) is 17.7 Å². The molecule has 0 spiro atoms. The lowest BCUT2D eigenvalue weighted by molar-refractivity contribution is 0.442. The van der Waals surface area contributed by atoms with E-state index in [0.29, 0.717) is 5.92 Å². The lowest BCUT2D eigenvalue weighted by Crippen LogP contribution is -2.30. The average molecular weight is 277 g/mol. The number of hydrogen-bond donors (Lipinski definition) is 1. The Morgan fingerprint density at radius 2 is 2.32 bits per heavy atom. The third kappa shape index (κ3) is 2.51. The summed E-state index contributed by atoms with van der Waals surface area (Å²) in [5.74, 6) is 1.45. The average Bonchev–Trinajstić information content (AvgIpc) is 2.91. The van der Waals surface area contributed by atoms with E-state index in [1.165, 1.54) is 12.0 Å². The maximum Gasteiger partial charge on any atom is 0.141 e. The van der Waals surface area contributed by atoms with Gasteiger partial charge in [-0.25, -0.2) is 0 Å². The van der Waals surface area contributed by atoms with Crippen molar-refractivity contribution in [3.8, 4) is 5.69 Å². The Hall–Kier alpha value is -1.39. The van der Waals surface area contributed by atoms with Gasteiger partial charge in [0, 0.05) is 17.5 Å². The van der Waals surface area contributed by atoms with E-state index in [2.05, 4.69) is 27.0 Å². The van der Waals surface area contributed by atoms with Crippen LogP contribution in [-0.2, 0) is 0 Å². The molecule has 0 saturated carbocycles. The fourth-order valence-electron chi connectivity index (χ4n) is 2.62. The molecule has 1 saturated heterocycles. The van der Waals surface area contributed by atoms with E-state index in [9.17, 15) is 0 Å². The van der Waals surface area contributed by atoms with Crippen LogP contribution < -0.4 is 5.32 Å². The fraction of sp³-hybridized carbons (Fsp3) is 0.429. The second-order valence-electron chi connectivity index (χ2n) is 5.03. The number of piperidine rings is 1. The summed E-state index contributed by atoms with van der Waals surface area (Å²) in [6.45, 7) is 4.15. The van der Waals surface area contributed by atoms with Crippen LogP contribution in [0.5, 0.6) is 0 Å². The smallest absolute Gasteiger partial charge is 0.141 e. The molecule has 1 aromatic carbocycles. The van der Waals surface area contributed by atoms with Crippen molar-refractivity contribution in [2.75, 3.05) is 13.1 Å². The number of benzene rings is 1. The van der Waals surface area contributed by atoms with E-state index in [-0.39, 0.29) is 0 Å². The molecule has 2 aromatic rings. The Kier molecular flexibility index (Phi) is 3.53. The van der Waals surface area contributed by atoms with Crippen LogP contribution in [0.4, 0.5) is 0 Å². The van der Waals surface area contributed by atoms with Crippen LogP contribution in [0.25, 0.3) is 5.69 Å². The third-order valence-electron chi connectivity index (χ3n) is 3.67. The van der Waals surface area contributed by atoms with Crippen molar-refractivity contribution in [3.05, 3.63) is 40.9 Å². The largest absolute Gasteiger partial charge is 0.316 e. The van der Waals surface area contributed by atoms with Gasteiger partial charge in [0.15, 0.2) is 0 Å². The molecule has 1 atom stereocenters. The van der Waals surface area contributed by atoms with Gasteiger partial charge in [0.05, 0.1) is 5.69 Å². The first-order chi connectivity index (χ1) is 9.25. The second-order valence-corrected chi connectivity index (χ2v) is 5.47. The van der Waals surface area contributed by atoms with Gasteiger partial charge in [0.1, 0.15) is 12.2 Å². The maximum atomic E-state index is 6.11. The van der Waals surface area contributed by atoms with Gasteiger partial charge in [-0.3, -0.25) is 4.57 Å². The predicted molar refractivity (Wildman–Crippen MR) is 76.0 cm³/mol. The van der Waals surface area contributed by atoms with Crippen LogP contribution in [0.3, 0.4) is 0 Å². The van der Waals surface area contributed by atoms with Crippen molar-refractivity contribution in [1.29, 1.82) is 0 Å². The third-order valence-corrected chi connectivity index (χ3v) is 3.90. The zero-order valence-electron chi connectivity index (χ0n) is 10.9. The van der Waals surface area contributed by atoms with E-state index >= 15 is 0 Å². The minimum absolute atomic E-state index is 0.426. The molecule has 1 fully saturated rings. The molecule has 0 radical (unpaired) electrons. The lowest BCUT2D eigenvalue weighted by atomic mass is 9.98. The Morgan fingerprint density at radius 3 is 3.11 bits per heavy atom. The first kappa shape index (κ1) is 12.6. The molecule has 4 nitrogen and oxygen atoms in total. The number of nitrogens with zero attached hydrogens (tertiary/aromatic N) is 3. The molecular formula is C14H17ClN4. The number of nitrogens with one attached hydrogen (secondary N) is 1. The maximum absolute atomic E-state index is 6.11. The first-order valence-electron chi connectivity index (χ1n) is 6.63. The Morgan fingerprint density at radius 1 is 1.42 bits per heavy atom. The molecule has 1 unspecified atom stereocenters. The van der Waals surface area contributed by atoms with Crippen LogP contribution in [-0.4, -0.2) is 27.9 Å². The van der Waals surface area contributed by atoms with Gasteiger partial charge in [0.25, 0.3) is 0 Å². The van der Waals surface area contributed by atoms with E-state index in [0.717, 1.165) is 36.0 Å². The highest BCUT2D eigenvalue weighted by atomic mass is 35.5. The normalized spacial score (nSPS) is 19.6. The van der Waals surface area contributed by atoms with Crippen molar-refractivity contribution in [3.63, 3.8) is 0 Å². The van der Waals surface area contributed by atoms with E-state index < -0.39 is 0 Å². The van der Waals surface area contributed by atoms with E-state index in [4.69, 9.17) is 11.6 Å². The zero-order valence-corrected chi connectivity index (χ0v) is 11.7. The van der Waals surface area contributed by atoms with E-state index in [1.54, 1.807) is 6.33 Å². The quantitative estimate of drug-likeness (QED) is 0.917. The Labute approximate surface area is 117 Å². The highest BCUT2D eigenvalue weighted by Crippen LogP contribution is 2.26. The summed E-state index contributed by atoms with van der Waals surface area (Å²) >= 11 is 6.11. The molecule has 1 aliphatic rings. The van der Waals surface area contributed by atoms with Gasteiger partial charge in [-0.2, -0.15) is 0 Å². The molecule has 2 heterocycles. The number of hydrogen-bond acceptors (Lipinski definition) is 3. The molecular weight excluding hydrogens is 260 g/mol. The minimum Gasteiger partial charge on any atom is -0.316 e. The minimum atomic E-state index is 0.426. The molecule has 1 N–H and O–H groups in total. The summed E-state index contributed by atoms with van der Waals surface area (Å²) < 4.78 is 2.07. The van der Waals surface area contributed by atoms with Crippen molar-refractivity contribution < 1.29 is 0 Å². The Bertz CT molecular complexity index is 573. The number of halogens is 1. The number of aryl methyl sites for hydroxylation is 1. The molecule has 5 heteroatoms. The summed E-state index contributed by atoms with van der Waals surface area (Å²) in [6.07, 6.45) is 4.12. The SMILES string of the molecule is Cc1ccc(Cl)cc1-n1cnnc1C1CCCNC1. The summed E-state index contributed by atoms with van der Waals surface area (Å²) in [4.78, 5) is 0. The second kappa shape index (κ2) is 5.31. The van der Waals surface area contributed by atoms with Gasteiger partial charge < -0.3 is 5.32 Å². The van der Waals surface area contributed by atoms with Gasteiger partial charge in [-0.15, -0.1) is 10.2 Å². The molecule has 1 aliphatic heterocycles. The summed E-state index contributed by atoms with van der Waals surface area (Å²) in [7, 11) is 0. The molecule has 19 heavy (non-hydrogen) atoms. The molecule has 0 bridgehead atoms. The van der Waals surface area contributed by atoms with Gasteiger partial charge >= 0.3 is 0 Å². The fourth-order valence-corrected chi connectivity index (χ4v) is 2.79. The van der Waals surface area contributed by atoms with Crippen LogP contribution in [0.1, 0.15) is 30.1 Å². The van der Waals surface area contributed by atoms with Crippen LogP contribution in [0.15, 0.2) is 24.5 Å². The number of rotatable bonds is 2. The van der Waals surface area contributed by atoms with Crippen molar-refractivity contribution >= 4 is 11.6 Å². The molecule has 0 amide bonds. The monoisotopic (exact) mass is 276 g/mol. The zero-order chi connectivity index (χ0) is 13.2. The molecule has 3 rings (SSSR count). The van der Waals surface area contributed by atoms with Crippen molar-refractivity contribution in [2.45, 2.75) is 25.7 Å². The Balaban J connectivity index is 2.01. The summed E-state index contributed by atoms with van der Waals surface area (Å²) in [5.41, 5.74) is 2.24. The molecule has 1 aromatic heterocycles. The van der Waals surface area contributed by atoms with Crippen molar-refractivity contribution in [1.82, 2.24) is 20.1 Å². The summed E-state index contributed by atoms with van der Waals surface area (Å²) in [6, 6.07) is 5.91. The summed E-state index contributed by atoms with van der Waals surface area (Å²) in [5, 5.41) is 12.6. The van der Waals surface area contributed by atoms with Gasteiger partial charge in [0.2, 0.25) is 0 Å². The highest BCUT2D eigenvalue weighted by Gasteiger charge is 2.21. The van der Waals surface area contributed by atoms with E-state index in [1.807, 2.05) is 18.2 Å². The van der Waals surface area contributed by atoms with Crippen LogP contribution in [0, 0.1) is 6.92 Å².